The Bertz CT molecular complexity index is 606. The van der Waals surface area contributed by atoms with Crippen LogP contribution in [0, 0.1) is 5.82 Å². The summed E-state index contributed by atoms with van der Waals surface area (Å²) in [6.07, 6.45) is 1.28. The molecule has 0 amide bonds. The first-order chi connectivity index (χ1) is 8.59. The first kappa shape index (κ1) is 13.0. The van der Waals surface area contributed by atoms with Gasteiger partial charge in [0.1, 0.15) is 5.03 Å². The van der Waals surface area contributed by atoms with E-state index in [0.29, 0.717) is 0 Å². The van der Waals surface area contributed by atoms with Gasteiger partial charge >= 0.3 is 5.97 Å². The average molecular weight is 328 g/mol. The Morgan fingerprint density at radius 2 is 2.06 bits per heavy atom. The number of carboxylic acids is 1. The molecule has 6 heteroatoms. The monoisotopic (exact) mass is 327 g/mol. The van der Waals surface area contributed by atoms with Crippen LogP contribution in [0.15, 0.2) is 50.9 Å². The van der Waals surface area contributed by atoms with Crippen LogP contribution in [-0.2, 0) is 0 Å². The molecule has 0 saturated heterocycles. The van der Waals surface area contributed by atoms with Gasteiger partial charge < -0.3 is 5.11 Å². The lowest BCUT2D eigenvalue weighted by molar-refractivity contribution is 0.0691. The molecule has 0 atom stereocenters. The first-order valence-corrected chi connectivity index (χ1v) is 6.50. The Kier molecular flexibility index (Phi) is 3.98. The van der Waals surface area contributed by atoms with Gasteiger partial charge in [0.2, 0.25) is 0 Å². The van der Waals surface area contributed by atoms with Gasteiger partial charge in [-0.15, -0.1) is 0 Å². The van der Waals surface area contributed by atoms with Crippen molar-refractivity contribution in [3.8, 4) is 0 Å². The van der Waals surface area contributed by atoms with Crippen molar-refractivity contribution in [2.45, 2.75) is 9.92 Å². The molecule has 2 aromatic rings. The van der Waals surface area contributed by atoms with Gasteiger partial charge in [0.25, 0.3) is 0 Å². The van der Waals surface area contributed by atoms with Crippen LogP contribution in [0.4, 0.5) is 4.39 Å². The van der Waals surface area contributed by atoms with Gasteiger partial charge in [-0.05, 0) is 34.1 Å². The summed E-state index contributed by atoms with van der Waals surface area (Å²) in [4.78, 5) is 15.4. The summed E-state index contributed by atoms with van der Waals surface area (Å²) in [6, 6.07) is 8.41. The largest absolute Gasteiger partial charge is 0.478 e. The number of carboxylic acid groups (broad SMARTS) is 1. The van der Waals surface area contributed by atoms with Crippen LogP contribution in [0.1, 0.15) is 10.4 Å². The lowest BCUT2D eigenvalue weighted by atomic mass is 10.3. The third kappa shape index (κ3) is 2.70. The minimum atomic E-state index is -1.30. The number of benzene rings is 1. The number of hydrogen-bond acceptors (Lipinski definition) is 3. The van der Waals surface area contributed by atoms with Crippen molar-refractivity contribution in [3.63, 3.8) is 0 Å². The zero-order chi connectivity index (χ0) is 13.1. The maximum absolute atomic E-state index is 13.9. The van der Waals surface area contributed by atoms with Crippen LogP contribution < -0.4 is 0 Å². The van der Waals surface area contributed by atoms with E-state index in [1.54, 1.807) is 6.07 Å². The molecule has 0 aliphatic rings. The number of halogens is 2. The molecule has 18 heavy (non-hydrogen) atoms. The predicted octanol–water partition coefficient (Wildman–Crippen LogP) is 3.83. The van der Waals surface area contributed by atoms with E-state index in [2.05, 4.69) is 20.9 Å². The molecule has 1 heterocycles. The number of rotatable bonds is 3. The highest BCUT2D eigenvalue weighted by molar-refractivity contribution is 9.10. The Morgan fingerprint density at radius 1 is 1.33 bits per heavy atom. The minimum absolute atomic E-state index is 0.0433. The second-order valence-electron chi connectivity index (χ2n) is 3.32. The van der Waals surface area contributed by atoms with E-state index in [-0.39, 0.29) is 10.6 Å². The standard InChI is InChI=1S/C12H7BrFNO2S/c13-8-3-1-2-4-9(8)18-11-10(14)7(12(16)17)5-6-15-11/h1-6H,(H,16,17). The van der Waals surface area contributed by atoms with Gasteiger partial charge in [-0.2, -0.15) is 0 Å². The Hall–Kier alpha value is -1.40. The highest BCUT2D eigenvalue weighted by Gasteiger charge is 2.16. The minimum Gasteiger partial charge on any atom is -0.478 e. The molecule has 0 spiro atoms. The Labute approximate surface area is 115 Å². The lowest BCUT2D eigenvalue weighted by Crippen LogP contribution is -2.02. The van der Waals surface area contributed by atoms with E-state index in [4.69, 9.17) is 5.11 Å². The normalized spacial score (nSPS) is 10.3. The Morgan fingerprint density at radius 3 is 2.72 bits per heavy atom. The van der Waals surface area contributed by atoms with Crippen molar-refractivity contribution in [3.05, 3.63) is 52.4 Å². The fraction of sp³-hybridized carbons (Fsp3) is 0. The molecular formula is C12H7BrFNO2S. The van der Waals surface area contributed by atoms with Crippen molar-refractivity contribution in [1.29, 1.82) is 0 Å². The van der Waals surface area contributed by atoms with Gasteiger partial charge in [-0.25, -0.2) is 14.2 Å². The van der Waals surface area contributed by atoms with Crippen molar-refractivity contribution in [2.24, 2.45) is 0 Å². The molecule has 0 fully saturated rings. The van der Waals surface area contributed by atoms with Crippen molar-refractivity contribution in [1.82, 2.24) is 4.98 Å². The molecule has 0 saturated carbocycles. The molecule has 2 rings (SSSR count). The maximum atomic E-state index is 13.9. The molecule has 1 N–H and O–H groups in total. The van der Waals surface area contributed by atoms with E-state index >= 15 is 0 Å². The number of hydrogen-bond donors (Lipinski definition) is 1. The zero-order valence-corrected chi connectivity index (χ0v) is 11.3. The fourth-order valence-electron chi connectivity index (χ4n) is 1.29. The summed E-state index contributed by atoms with van der Waals surface area (Å²) in [5.74, 6) is -2.12. The van der Waals surface area contributed by atoms with Crippen LogP contribution in [-0.4, -0.2) is 16.1 Å². The number of carbonyl (C=O) groups is 1. The zero-order valence-electron chi connectivity index (χ0n) is 8.93. The average Bonchev–Trinajstić information content (AvgIpc) is 2.34. The highest BCUT2D eigenvalue weighted by atomic mass is 79.9. The molecule has 0 aliphatic carbocycles. The van der Waals surface area contributed by atoms with E-state index in [1.165, 1.54) is 6.20 Å². The van der Waals surface area contributed by atoms with Gasteiger partial charge in [-0.3, -0.25) is 0 Å². The van der Waals surface area contributed by atoms with E-state index in [9.17, 15) is 9.18 Å². The topological polar surface area (TPSA) is 50.2 Å². The quantitative estimate of drug-likeness (QED) is 0.930. The highest BCUT2D eigenvalue weighted by Crippen LogP contribution is 2.33. The van der Waals surface area contributed by atoms with Crippen molar-refractivity contribution in [2.75, 3.05) is 0 Å². The molecular weight excluding hydrogens is 321 g/mol. The Balaban J connectivity index is 2.39. The van der Waals surface area contributed by atoms with Crippen molar-refractivity contribution < 1.29 is 14.3 Å². The summed E-state index contributed by atoms with van der Waals surface area (Å²) in [5.41, 5.74) is -0.375. The summed E-state index contributed by atoms with van der Waals surface area (Å²) in [7, 11) is 0. The van der Waals surface area contributed by atoms with E-state index in [0.717, 1.165) is 27.2 Å². The third-order valence-electron chi connectivity index (χ3n) is 2.13. The maximum Gasteiger partial charge on any atom is 0.338 e. The molecule has 0 unspecified atom stereocenters. The van der Waals surface area contributed by atoms with Gasteiger partial charge in [0.05, 0.1) is 5.56 Å². The SMILES string of the molecule is O=C(O)c1ccnc(Sc2ccccc2Br)c1F. The van der Waals surface area contributed by atoms with Crippen LogP contribution >= 0.6 is 27.7 Å². The van der Waals surface area contributed by atoms with Crippen molar-refractivity contribution >= 4 is 33.7 Å². The smallest absolute Gasteiger partial charge is 0.338 e. The third-order valence-corrected chi connectivity index (χ3v) is 4.14. The summed E-state index contributed by atoms with van der Waals surface area (Å²) in [6.45, 7) is 0. The van der Waals surface area contributed by atoms with Gasteiger partial charge in [0, 0.05) is 15.6 Å². The molecule has 0 aliphatic heterocycles. The number of nitrogens with zero attached hydrogens (tertiary/aromatic N) is 1. The lowest BCUT2D eigenvalue weighted by Gasteiger charge is -2.05. The first-order valence-electron chi connectivity index (χ1n) is 4.90. The summed E-state index contributed by atoms with van der Waals surface area (Å²) >= 11 is 4.41. The van der Waals surface area contributed by atoms with Gasteiger partial charge in [-0.1, -0.05) is 23.9 Å². The second-order valence-corrected chi connectivity index (χ2v) is 5.20. The molecule has 1 aromatic heterocycles. The molecule has 0 bridgehead atoms. The van der Waals surface area contributed by atoms with Crippen LogP contribution in [0.3, 0.4) is 0 Å². The number of aromatic carboxylic acids is 1. The van der Waals surface area contributed by atoms with E-state index in [1.807, 2.05) is 18.2 Å². The van der Waals surface area contributed by atoms with Crippen LogP contribution in [0.2, 0.25) is 0 Å². The van der Waals surface area contributed by atoms with Crippen LogP contribution in [0.25, 0.3) is 0 Å². The molecule has 0 radical (unpaired) electrons. The summed E-state index contributed by atoms with van der Waals surface area (Å²) < 4.78 is 14.7. The summed E-state index contributed by atoms with van der Waals surface area (Å²) in [5, 5.41) is 8.87. The molecule has 92 valence electrons. The molecule has 3 nitrogen and oxygen atoms in total. The number of pyridine rings is 1. The predicted molar refractivity (Wildman–Crippen MR) is 69.4 cm³/mol. The van der Waals surface area contributed by atoms with Gasteiger partial charge in [0.15, 0.2) is 5.82 Å². The van der Waals surface area contributed by atoms with E-state index < -0.39 is 11.8 Å². The van der Waals surface area contributed by atoms with Crippen LogP contribution in [0.5, 0.6) is 0 Å². The second kappa shape index (κ2) is 5.49. The fourth-order valence-corrected chi connectivity index (χ4v) is 2.65. The molecule has 1 aromatic carbocycles. The number of aromatic nitrogens is 1.